The minimum atomic E-state index is -4.01. The second-order valence-electron chi connectivity index (χ2n) is 5.87. The Balaban J connectivity index is 1.95. The highest BCUT2D eigenvalue weighted by atomic mass is 32.2. The fourth-order valence-electron chi connectivity index (χ4n) is 2.98. The standard InChI is InChI=1S/C14H14N2O7S/c1-8-2-4-9(5-3-8)24(22,23)15-7-14(15)6-10(11(17)18)16(12(14)19)13(20)21/h2-5,10H,6-7H2,1H3,(H,17,18)(H,20,21)/t10-,14?,15?/m1/s1. The lowest BCUT2D eigenvalue weighted by molar-refractivity contribution is -0.145. The van der Waals surface area contributed by atoms with Crippen LogP contribution < -0.4 is 0 Å². The molecule has 0 bridgehead atoms. The van der Waals surface area contributed by atoms with Gasteiger partial charge < -0.3 is 10.2 Å². The number of carboxylic acids is 1. The maximum absolute atomic E-state index is 12.6. The number of carbonyl (C=O) groups is 3. The summed E-state index contributed by atoms with van der Waals surface area (Å²) in [6.07, 6.45) is -2.10. The number of likely N-dealkylation sites (tertiary alicyclic amines) is 1. The second kappa shape index (κ2) is 5.02. The molecule has 3 atom stereocenters. The van der Waals surface area contributed by atoms with Crippen LogP contribution >= 0.6 is 0 Å². The largest absolute Gasteiger partial charge is 0.480 e. The molecule has 0 radical (unpaired) electrons. The van der Waals surface area contributed by atoms with Gasteiger partial charge in [-0.1, -0.05) is 17.7 Å². The van der Waals surface area contributed by atoms with Crippen LogP contribution in [0.2, 0.25) is 0 Å². The number of aryl methyl sites for hydroxylation is 1. The van der Waals surface area contributed by atoms with Gasteiger partial charge in [0, 0.05) is 13.0 Å². The molecule has 10 heteroatoms. The van der Waals surface area contributed by atoms with Crippen molar-refractivity contribution in [2.45, 2.75) is 29.8 Å². The van der Waals surface area contributed by atoms with Gasteiger partial charge in [-0.3, -0.25) is 4.79 Å². The molecule has 2 N–H and O–H groups in total. The van der Waals surface area contributed by atoms with Crippen LogP contribution in [0, 0.1) is 6.92 Å². The third kappa shape index (κ3) is 2.18. The average Bonchev–Trinajstić information content (AvgIpc) is 3.15. The van der Waals surface area contributed by atoms with E-state index in [1.807, 2.05) is 0 Å². The Morgan fingerprint density at radius 2 is 1.79 bits per heavy atom. The van der Waals surface area contributed by atoms with Crippen molar-refractivity contribution in [2.75, 3.05) is 6.54 Å². The zero-order valence-corrected chi connectivity index (χ0v) is 13.4. The molecule has 0 saturated carbocycles. The third-order valence-corrected chi connectivity index (χ3v) is 6.27. The molecular formula is C14H14N2O7S. The van der Waals surface area contributed by atoms with E-state index in [1.54, 1.807) is 19.1 Å². The number of benzene rings is 1. The van der Waals surface area contributed by atoms with Crippen molar-refractivity contribution < 1.29 is 33.0 Å². The quantitative estimate of drug-likeness (QED) is 0.736. The first-order valence-corrected chi connectivity index (χ1v) is 8.44. The van der Waals surface area contributed by atoms with Crippen LogP contribution in [-0.4, -0.2) is 63.9 Å². The van der Waals surface area contributed by atoms with Crippen LogP contribution in [0.25, 0.3) is 0 Å². The molecule has 2 fully saturated rings. The molecular weight excluding hydrogens is 340 g/mol. The van der Waals surface area contributed by atoms with Gasteiger partial charge in [0.15, 0.2) is 0 Å². The molecule has 2 unspecified atom stereocenters. The molecule has 2 aliphatic heterocycles. The summed E-state index contributed by atoms with van der Waals surface area (Å²) in [5.41, 5.74) is -0.764. The number of hydrogen-bond donors (Lipinski definition) is 2. The van der Waals surface area contributed by atoms with Crippen molar-refractivity contribution in [3.63, 3.8) is 0 Å². The average molecular weight is 354 g/mol. The van der Waals surface area contributed by atoms with E-state index in [0.29, 0.717) is 0 Å². The number of aliphatic carboxylic acids is 1. The zero-order chi connectivity index (χ0) is 17.9. The first-order valence-electron chi connectivity index (χ1n) is 7.00. The molecule has 2 saturated heterocycles. The van der Waals surface area contributed by atoms with Gasteiger partial charge >= 0.3 is 12.1 Å². The van der Waals surface area contributed by atoms with E-state index in [9.17, 15) is 22.8 Å². The fraction of sp³-hybridized carbons (Fsp3) is 0.357. The monoisotopic (exact) mass is 354 g/mol. The first kappa shape index (κ1) is 16.4. The van der Waals surface area contributed by atoms with Crippen LogP contribution in [0.3, 0.4) is 0 Å². The summed E-state index contributed by atoms with van der Waals surface area (Å²) in [6.45, 7) is 1.56. The summed E-state index contributed by atoms with van der Waals surface area (Å²) in [7, 11) is -4.01. The van der Waals surface area contributed by atoms with Gasteiger partial charge in [0.25, 0.3) is 5.91 Å². The van der Waals surface area contributed by atoms with Gasteiger partial charge in [-0.2, -0.15) is 4.31 Å². The van der Waals surface area contributed by atoms with Crippen molar-refractivity contribution in [3.8, 4) is 0 Å². The lowest BCUT2D eigenvalue weighted by Crippen LogP contribution is -2.43. The summed E-state index contributed by atoms with van der Waals surface area (Å²) in [4.78, 5) is 34.9. The van der Waals surface area contributed by atoms with E-state index < -0.39 is 46.0 Å². The molecule has 9 nitrogen and oxygen atoms in total. The maximum Gasteiger partial charge on any atom is 0.414 e. The highest BCUT2D eigenvalue weighted by Crippen LogP contribution is 2.48. The summed E-state index contributed by atoms with van der Waals surface area (Å²) in [6, 6.07) is 4.39. The van der Waals surface area contributed by atoms with E-state index in [4.69, 9.17) is 10.2 Å². The van der Waals surface area contributed by atoms with Gasteiger partial charge in [-0.25, -0.2) is 22.9 Å². The topological polar surface area (TPSA) is 132 Å². The zero-order valence-electron chi connectivity index (χ0n) is 12.5. The Labute approximate surface area is 137 Å². The molecule has 0 aliphatic carbocycles. The number of carboxylic acid groups (broad SMARTS) is 2. The molecule has 2 aliphatic rings. The summed E-state index contributed by atoms with van der Waals surface area (Å²) < 4.78 is 26.1. The van der Waals surface area contributed by atoms with E-state index >= 15 is 0 Å². The molecule has 1 spiro atoms. The number of nitrogens with zero attached hydrogens (tertiary/aromatic N) is 2. The van der Waals surface area contributed by atoms with Crippen molar-refractivity contribution in [2.24, 2.45) is 0 Å². The molecule has 0 aromatic heterocycles. The van der Waals surface area contributed by atoms with Crippen LogP contribution in [0.1, 0.15) is 12.0 Å². The third-order valence-electron chi connectivity index (χ3n) is 4.34. The van der Waals surface area contributed by atoms with Crippen molar-refractivity contribution in [3.05, 3.63) is 29.8 Å². The summed E-state index contributed by atoms with van der Waals surface area (Å²) >= 11 is 0. The Kier molecular flexibility index (Phi) is 3.43. The van der Waals surface area contributed by atoms with Crippen LogP contribution in [0.5, 0.6) is 0 Å². The van der Waals surface area contributed by atoms with Gasteiger partial charge in [0.2, 0.25) is 10.0 Å². The van der Waals surface area contributed by atoms with Gasteiger partial charge in [-0.05, 0) is 19.1 Å². The number of carbonyl (C=O) groups excluding carboxylic acids is 1. The summed E-state index contributed by atoms with van der Waals surface area (Å²) in [5, 5.41) is 18.2. The Morgan fingerprint density at radius 3 is 2.25 bits per heavy atom. The number of rotatable bonds is 3. The number of hydrogen-bond acceptors (Lipinski definition) is 5. The number of imide groups is 1. The number of amides is 2. The Bertz CT molecular complexity index is 848. The summed E-state index contributed by atoms with van der Waals surface area (Å²) in [5.74, 6) is -2.50. The maximum atomic E-state index is 12.6. The lowest BCUT2D eigenvalue weighted by atomic mass is 10.1. The van der Waals surface area contributed by atoms with Crippen molar-refractivity contribution in [1.82, 2.24) is 9.21 Å². The molecule has 3 rings (SSSR count). The van der Waals surface area contributed by atoms with E-state index in [0.717, 1.165) is 9.87 Å². The van der Waals surface area contributed by atoms with E-state index in [1.165, 1.54) is 12.1 Å². The molecule has 1 aromatic rings. The van der Waals surface area contributed by atoms with Crippen molar-refractivity contribution in [1.29, 1.82) is 0 Å². The predicted octanol–water partition coefficient (Wildman–Crippen LogP) is 0.102. The highest BCUT2D eigenvalue weighted by Gasteiger charge is 2.72. The second-order valence-corrected chi connectivity index (χ2v) is 7.73. The Morgan fingerprint density at radius 1 is 1.21 bits per heavy atom. The molecule has 24 heavy (non-hydrogen) atoms. The smallest absolute Gasteiger partial charge is 0.414 e. The normalized spacial score (nSPS) is 29.0. The fourth-order valence-corrected chi connectivity index (χ4v) is 4.71. The molecule has 2 amide bonds. The molecule has 1 aromatic carbocycles. The Hall–Kier alpha value is -2.46. The molecule has 128 valence electrons. The van der Waals surface area contributed by atoms with Crippen molar-refractivity contribution >= 4 is 28.0 Å². The van der Waals surface area contributed by atoms with Gasteiger partial charge in [0.05, 0.1) is 4.90 Å². The predicted molar refractivity (Wildman–Crippen MR) is 78.7 cm³/mol. The van der Waals surface area contributed by atoms with Crippen LogP contribution in [-0.2, 0) is 19.6 Å². The number of sulfonamides is 1. The minimum absolute atomic E-state index is 0.0292. The SMILES string of the molecule is Cc1ccc(S(=O)(=O)N2CC23C[C@H](C(=O)O)N(C(=O)O)C3=O)cc1. The van der Waals surface area contributed by atoms with E-state index in [-0.39, 0.29) is 16.3 Å². The first-order chi connectivity index (χ1) is 11.1. The van der Waals surface area contributed by atoms with Gasteiger partial charge in [0.1, 0.15) is 11.6 Å². The minimum Gasteiger partial charge on any atom is -0.480 e. The lowest BCUT2D eigenvalue weighted by Gasteiger charge is -2.14. The van der Waals surface area contributed by atoms with Gasteiger partial charge in [-0.15, -0.1) is 0 Å². The van der Waals surface area contributed by atoms with Crippen LogP contribution in [0.15, 0.2) is 29.2 Å². The molecule has 2 heterocycles. The van der Waals surface area contributed by atoms with Crippen LogP contribution in [0.4, 0.5) is 4.79 Å². The van der Waals surface area contributed by atoms with E-state index in [2.05, 4.69) is 0 Å². The highest BCUT2D eigenvalue weighted by molar-refractivity contribution is 7.89.